The lowest BCUT2D eigenvalue weighted by atomic mass is 9.91. The molecule has 0 aliphatic carbocycles. The van der Waals surface area contributed by atoms with E-state index >= 15 is 0 Å². The number of allylic oxidation sites excluding steroid dienone is 1. The smallest absolute Gasteiger partial charge is 0.338 e. The van der Waals surface area contributed by atoms with E-state index in [0.29, 0.717) is 18.6 Å². The minimum Gasteiger partial charge on any atom is -0.456 e. The van der Waals surface area contributed by atoms with Gasteiger partial charge in [0.05, 0.1) is 16.6 Å². The highest BCUT2D eigenvalue weighted by atomic mass is 28.4. The van der Waals surface area contributed by atoms with Gasteiger partial charge < -0.3 is 18.6 Å². The highest BCUT2D eigenvalue weighted by Crippen LogP contribution is 2.44. The van der Waals surface area contributed by atoms with Gasteiger partial charge in [-0.25, -0.2) is 4.79 Å². The summed E-state index contributed by atoms with van der Waals surface area (Å²) in [6.07, 6.45) is 0.915. The molecule has 1 aromatic carbocycles. The lowest BCUT2D eigenvalue weighted by Gasteiger charge is -2.41. The predicted molar refractivity (Wildman–Crippen MR) is 165 cm³/mol. The number of amides is 1. The van der Waals surface area contributed by atoms with Crippen molar-refractivity contribution in [1.82, 2.24) is 4.90 Å². The van der Waals surface area contributed by atoms with Crippen molar-refractivity contribution in [2.45, 2.75) is 110 Å². The fourth-order valence-corrected chi connectivity index (χ4v) is 6.01. The molecular formula is C31H48N2O9Si. The fourth-order valence-electron chi connectivity index (χ4n) is 4.67. The second-order valence-electron chi connectivity index (χ2n) is 12.7. The molecule has 12 heteroatoms. The van der Waals surface area contributed by atoms with Crippen LogP contribution < -0.4 is 0 Å². The molecule has 0 saturated carbocycles. The number of rotatable bonds is 14. The molecule has 1 heterocycles. The molecule has 0 unspecified atom stereocenters. The van der Waals surface area contributed by atoms with Crippen LogP contribution in [0, 0.1) is 16.0 Å². The van der Waals surface area contributed by atoms with Crippen LogP contribution in [0.5, 0.6) is 0 Å². The number of hydrogen-bond acceptors (Lipinski definition) is 9. The molecule has 1 fully saturated rings. The summed E-state index contributed by atoms with van der Waals surface area (Å²) in [6, 6.07) is 5.19. The molecule has 43 heavy (non-hydrogen) atoms. The molecule has 0 N–H and O–H groups in total. The largest absolute Gasteiger partial charge is 0.456 e. The first-order valence-electron chi connectivity index (χ1n) is 14.7. The molecule has 0 bridgehead atoms. The molecule has 240 valence electrons. The van der Waals surface area contributed by atoms with Crippen LogP contribution in [0.3, 0.4) is 0 Å². The zero-order valence-electron chi connectivity index (χ0n) is 27.2. The Labute approximate surface area is 256 Å². The summed E-state index contributed by atoms with van der Waals surface area (Å²) >= 11 is 0. The number of non-ortho nitro benzene ring substituents is 1. The highest BCUT2D eigenvalue weighted by Gasteiger charge is 2.53. The van der Waals surface area contributed by atoms with Crippen LogP contribution in [-0.4, -0.2) is 74.1 Å². The Kier molecular flexibility index (Phi) is 12.8. The van der Waals surface area contributed by atoms with Crippen LogP contribution in [0.4, 0.5) is 5.69 Å². The summed E-state index contributed by atoms with van der Waals surface area (Å²) in [7, 11) is -0.751. The molecule has 1 aliphatic heterocycles. The third-order valence-electron chi connectivity index (χ3n) is 8.38. The number of nitro benzene ring substituents is 1. The monoisotopic (exact) mass is 620 g/mol. The van der Waals surface area contributed by atoms with E-state index in [1.165, 1.54) is 49.2 Å². The van der Waals surface area contributed by atoms with Gasteiger partial charge in [-0.3, -0.25) is 24.6 Å². The summed E-state index contributed by atoms with van der Waals surface area (Å²) in [6.45, 7) is 17.5. The Balaban J connectivity index is 2.54. The molecular weight excluding hydrogens is 572 g/mol. The molecule has 1 amide bonds. The van der Waals surface area contributed by atoms with Gasteiger partial charge in [0.1, 0.15) is 18.4 Å². The van der Waals surface area contributed by atoms with Gasteiger partial charge in [0.15, 0.2) is 14.1 Å². The molecule has 0 radical (unpaired) electrons. The van der Waals surface area contributed by atoms with Crippen molar-refractivity contribution < 1.29 is 37.9 Å². The Morgan fingerprint density at radius 1 is 1.12 bits per heavy atom. The number of nitro groups is 1. The second kappa shape index (κ2) is 15.2. The number of ketones is 1. The number of methoxy groups -OCH3 is 1. The van der Waals surface area contributed by atoms with Crippen LogP contribution >= 0.6 is 0 Å². The van der Waals surface area contributed by atoms with E-state index in [2.05, 4.69) is 33.9 Å². The topological polar surface area (TPSA) is 135 Å². The number of hydrogen-bond donors (Lipinski definition) is 0. The SMILES string of the molecule is COCCCC[C@@H]1[C@H](O[Si](C)(C)C(C)(C)C)[C@@H]([C@H](C)OC(=O)c2ccc([N+](=O)[O-])cc2)O[C@H]1N(/C=C(/C)C(C)=O)C(C)=O. The van der Waals surface area contributed by atoms with E-state index in [1.54, 1.807) is 21.0 Å². The van der Waals surface area contributed by atoms with Gasteiger partial charge in [0.25, 0.3) is 5.69 Å². The summed E-state index contributed by atoms with van der Waals surface area (Å²) < 4.78 is 24.7. The molecule has 1 aromatic rings. The van der Waals surface area contributed by atoms with Crippen molar-refractivity contribution in [2.75, 3.05) is 13.7 Å². The minimum atomic E-state index is -2.40. The first-order chi connectivity index (χ1) is 19.9. The highest BCUT2D eigenvalue weighted by molar-refractivity contribution is 6.74. The average molecular weight is 621 g/mol. The molecule has 0 aromatic heterocycles. The Bertz CT molecular complexity index is 1180. The van der Waals surface area contributed by atoms with Gasteiger partial charge in [-0.1, -0.05) is 27.2 Å². The molecule has 11 nitrogen and oxygen atoms in total. The van der Waals surface area contributed by atoms with E-state index in [0.717, 1.165) is 12.8 Å². The number of carbonyl (C=O) groups excluding carboxylic acids is 3. The summed E-state index contributed by atoms with van der Waals surface area (Å²) in [5, 5.41) is 10.9. The van der Waals surface area contributed by atoms with Crippen LogP contribution in [0.2, 0.25) is 18.1 Å². The van der Waals surface area contributed by atoms with Crippen molar-refractivity contribution in [3.63, 3.8) is 0 Å². The van der Waals surface area contributed by atoms with Crippen LogP contribution in [0.1, 0.15) is 78.1 Å². The zero-order chi connectivity index (χ0) is 32.7. The Morgan fingerprint density at radius 2 is 1.72 bits per heavy atom. The lowest BCUT2D eigenvalue weighted by molar-refractivity contribution is -0.384. The molecule has 5 atom stereocenters. The van der Waals surface area contributed by atoms with Crippen LogP contribution in [-0.2, 0) is 28.2 Å². The fraction of sp³-hybridized carbons (Fsp3) is 0.645. The molecule has 0 spiro atoms. The summed E-state index contributed by atoms with van der Waals surface area (Å²) in [4.78, 5) is 50.2. The van der Waals surface area contributed by atoms with Gasteiger partial charge in [0, 0.05) is 50.5 Å². The van der Waals surface area contributed by atoms with Gasteiger partial charge in [-0.05, 0) is 63.9 Å². The standard InChI is InChI=1S/C31H48N2O9Si/c1-20(21(2)34)19-32(23(4)35)29-26(13-11-12-18-39-8)28(42-43(9,10)31(5,6)7)27(41-29)22(3)40-30(36)24-14-16-25(17-15-24)33(37)38/h14-17,19,22,26-29H,11-13,18H2,1-10H3/b20-19-/t22-,26+,27+,28-,29+/m0/s1. The van der Waals surface area contributed by atoms with E-state index in [-0.39, 0.29) is 33.9 Å². The Hall–Kier alpha value is -2.93. The quantitative estimate of drug-likeness (QED) is 0.0610. The summed E-state index contributed by atoms with van der Waals surface area (Å²) in [5.74, 6) is -1.42. The normalized spacial score (nSPS) is 21.8. The Morgan fingerprint density at radius 3 is 2.21 bits per heavy atom. The van der Waals surface area contributed by atoms with Crippen molar-refractivity contribution in [3.8, 4) is 0 Å². The number of benzene rings is 1. The van der Waals surface area contributed by atoms with E-state index in [4.69, 9.17) is 18.6 Å². The number of unbranched alkanes of at least 4 members (excludes halogenated alkanes) is 1. The van der Waals surface area contributed by atoms with Gasteiger partial charge in [0.2, 0.25) is 5.91 Å². The molecule has 2 rings (SSSR count). The second-order valence-corrected chi connectivity index (χ2v) is 17.5. The molecule has 1 aliphatic rings. The number of Topliss-reactive ketones (excluding diaryl/α,β-unsaturated/α-hetero) is 1. The maximum Gasteiger partial charge on any atom is 0.338 e. The maximum atomic E-state index is 13.1. The van der Waals surface area contributed by atoms with Crippen LogP contribution in [0.25, 0.3) is 0 Å². The van der Waals surface area contributed by atoms with Gasteiger partial charge in [-0.15, -0.1) is 0 Å². The lowest BCUT2D eigenvalue weighted by Crippen LogP contribution is -2.50. The van der Waals surface area contributed by atoms with E-state index < -0.39 is 43.7 Å². The third kappa shape index (κ3) is 9.53. The first kappa shape index (κ1) is 36.3. The minimum absolute atomic E-state index is 0.135. The van der Waals surface area contributed by atoms with E-state index in [9.17, 15) is 24.5 Å². The average Bonchev–Trinajstić information content (AvgIpc) is 3.25. The molecule has 1 saturated heterocycles. The van der Waals surface area contributed by atoms with Crippen molar-refractivity contribution >= 4 is 31.7 Å². The van der Waals surface area contributed by atoms with Crippen LogP contribution in [0.15, 0.2) is 36.0 Å². The zero-order valence-corrected chi connectivity index (χ0v) is 28.2. The number of carbonyl (C=O) groups is 3. The number of esters is 1. The van der Waals surface area contributed by atoms with E-state index in [1.807, 2.05) is 0 Å². The predicted octanol–water partition coefficient (Wildman–Crippen LogP) is 6.03. The van der Waals surface area contributed by atoms with Crippen molar-refractivity contribution in [2.24, 2.45) is 5.92 Å². The maximum absolute atomic E-state index is 13.1. The van der Waals surface area contributed by atoms with Crippen molar-refractivity contribution in [1.29, 1.82) is 0 Å². The van der Waals surface area contributed by atoms with Crippen molar-refractivity contribution in [3.05, 3.63) is 51.7 Å². The van der Waals surface area contributed by atoms with Gasteiger partial charge in [-0.2, -0.15) is 0 Å². The first-order valence-corrected chi connectivity index (χ1v) is 17.6. The third-order valence-corrected chi connectivity index (χ3v) is 12.9. The number of nitrogens with zero attached hydrogens (tertiary/aromatic N) is 2. The van der Waals surface area contributed by atoms with Gasteiger partial charge >= 0.3 is 5.97 Å². The summed E-state index contributed by atoms with van der Waals surface area (Å²) in [5.41, 5.74) is 0.430. The number of ether oxygens (including phenoxy) is 3.